The Morgan fingerprint density at radius 1 is 1.26 bits per heavy atom. The molecule has 0 aliphatic heterocycles. The number of primary amides is 1. The fraction of sp³-hybridized carbons (Fsp3) is 0.562. The summed E-state index contributed by atoms with van der Waals surface area (Å²) in [5, 5.41) is 3.59. The van der Waals surface area contributed by atoms with Crippen LogP contribution in [0.15, 0.2) is 24.3 Å². The Kier molecular flexibility index (Phi) is 7.19. The number of unbranched alkanes of at least 4 members (excludes halogenated alkanes) is 1. The molecule has 3 N–H and O–H groups in total. The predicted molar refractivity (Wildman–Crippen MR) is 80.0 cm³/mol. The summed E-state index contributed by atoms with van der Waals surface area (Å²) < 4.78 is 0. The van der Waals surface area contributed by atoms with Gasteiger partial charge in [-0.25, -0.2) is 0 Å². The monoisotopic (exact) mass is 262 g/mol. The zero-order valence-corrected chi connectivity index (χ0v) is 12.1. The zero-order chi connectivity index (χ0) is 14.1. The number of nitrogens with two attached hydrogens (primary N) is 1. The maximum absolute atomic E-state index is 11.1. The third-order valence-electron chi connectivity index (χ3n) is 3.35. The Morgan fingerprint density at radius 2 is 2.05 bits per heavy atom. The summed E-state index contributed by atoms with van der Waals surface area (Å²) in [6, 6.07) is 8.12. The topological polar surface area (TPSA) is 55.1 Å². The van der Waals surface area contributed by atoms with E-state index in [4.69, 9.17) is 5.73 Å². The van der Waals surface area contributed by atoms with E-state index in [0.29, 0.717) is 11.6 Å². The molecule has 0 spiro atoms. The highest BCUT2D eigenvalue weighted by molar-refractivity contribution is 5.92. The molecule has 0 saturated heterocycles. The number of rotatable bonds is 9. The maximum Gasteiger partial charge on any atom is 0.248 e. The molecule has 1 rings (SSSR count). The SMILES string of the molecule is CCCCC(CCC)NCc1cccc(C(N)=O)c1. The Labute approximate surface area is 116 Å². The van der Waals surface area contributed by atoms with Crippen LogP contribution in [0.4, 0.5) is 0 Å². The predicted octanol–water partition coefficient (Wildman–Crippen LogP) is 3.23. The molecule has 0 fully saturated rings. The Bertz CT molecular complexity index is 390. The molecule has 1 aromatic carbocycles. The standard InChI is InChI=1S/C16H26N2O/c1-3-5-10-15(7-4-2)18-12-13-8-6-9-14(11-13)16(17)19/h6,8-9,11,15,18H,3-5,7,10,12H2,1-2H3,(H2,17,19). The Balaban J connectivity index is 2.53. The molecule has 0 aliphatic rings. The Morgan fingerprint density at radius 3 is 2.68 bits per heavy atom. The van der Waals surface area contributed by atoms with Crippen molar-refractivity contribution >= 4 is 5.91 Å². The van der Waals surface area contributed by atoms with Crippen molar-refractivity contribution in [3.63, 3.8) is 0 Å². The summed E-state index contributed by atoms with van der Waals surface area (Å²) in [6.07, 6.45) is 6.12. The van der Waals surface area contributed by atoms with Crippen molar-refractivity contribution in [3.8, 4) is 0 Å². The molecule has 3 heteroatoms. The van der Waals surface area contributed by atoms with Gasteiger partial charge in [-0.15, -0.1) is 0 Å². The lowest BCUT2D eigenvalue weighted by atomic mass is 10.0. The van der Waals surface area contributed by atoms with Crippen molar-refractivity contribution in [1.82, 2.24) is 5.32 Å². The average Bonchev–Trinajstić information content (AvgIpc) is 2.42. The van der Waals surface area contributed by atoms with Crippen LogP contribution in [0.5, 0.6) is 0 Å². The molecule has 0 saturated carbocycles. The van der Waals surface area contributed by atoms with Crippen LogP contribution in [0.25, 0.3) is 0 Å². The van der Waals surface area contributed by atoms with Crippen molar-refractivity contribution in [2.24, 2.45) is 5.73 Å². The van der Waals surface area contributed by atoms with E-state index in [-0.39, 0.29) is 5.91 Å². The first-order chi connectivity index (χ1) is 9.17. The highest BCUT2D eigenvalue weighted by Crippen LogP contribution is 2.09. The van der Waals surface area contributed by atoms with E-state index in [1.165, 1.54) is 32.1 Å². The molecule has 1 aromatic rings. The number of hydrogen-bond donors (Lipinski definition) is 2. The van der Waals surface area contributed by atoms with E-state index >= 15 is 0 Å². The van der Waals surface area contributed by atoms with Gasteiger partial charge in [-0.1, -0.05) is 45.2 Å². The molecule has 3 nitrogen and oxygen atoms in total. The summed E-state index contributed by atoms with van der Waals surface area (Å²) in [5.41, 5.74) is 7.00. The second-order valence-electron chi connectivity index (χ2n) is 5.07. The minimum atomic E-state index is -0.363. The van der Waals surface area contributed by atoms with Gasteiger partial charge >= 0.3 is 0 Å². The molecule has 0 aromatic heterocycles. The van der Waals surface area contributed by atoms with Crippen LogP contribution >= 0.6 is 0 Å². The molecule has 0 bridgehead atoms. The van der Waals surface area contributed by atoms with Gasteiger partial charge in [0, 0.05) is 18.2 Å². The van der Waals surface area contributed by atoms with Crippen molar-refractivity contribution in [3.05, 3.63) is 35.4 Å². The van der Waals surface area contributed by atoms with Gasteiger partial charge in [0.2, 0.25) is 5.91 Å². The van der Waals surface area contributed by atoms with E-state index in [0.717, 1.165) is 12.1 Å². The van der Waals surface area contributed by atoms with Crippen LogP contribution in [0, 0.1) is 0 Å². The van der Waals surface area contributed by atoms with Gasteiger partial charge in [0.05, 0.1) is 0 Å². The van der Waals surface area contributed by atoms with Crippen LogP contribution in [-0.4, -0.2) is 11.9 Å². The van der Waals surface area contributed by atoms with Crippen molar-refractivity contribution in [1.29, 1.82) is 0 Å². The third kappa shape index (κ3) is 5.88. The van der Waals surface area contributed by atoms with Crippen molar-refractivity contribution < 1.29 is 4.79 Å². The Hall–Kier alpha value is -1.35. The van der Waals surface area contributed by atoms with Gasteiger partial charge in [0.25, 0.3) is 0 Å². The summed E-state index contributed by atoms with van der Waals surface area (Å²) in [6.45, 7) is 5.24. The molecule has 1 amide bonds. The highest BCUT2D eigenvalue weighted by atomic mass is 16.1. The van der Waals surface area contributed by atoms with Gasteiger partial charge in [-0.3, -0.25) is 4.79 Å². The van der Waals surface area contributed by atoms with Crippen molar-refractivity contribution in [2.45, 2.75) is 58.5 Å². The summed E-state index contributed by atoms with van der Waals surface area (Å²) in [5.74, 6) is -0.363. The first-order valence-electron chi connectivity index (χ1n) is 7.29. The molecule has 19 heavy (non-hydrogen) atoms. The number of nitrogens with one attached hydrogen (secondary N) is 1. The number of hydrogen-bond acceptors (Lipinski definition) is 2. The molecule has 0 radical (unpaired) electrons. The van der Waals surface area contributed by atoms with E-state index in [2.05, 4.69) is 19.2 Å². The molecular formula is C16H26N2O. The van der Waals surface area contributed by atoms with Crippen LogP contribution in [0.3, 0.4) is 0 Å². The fourth-order valence-corrected chi connectivity index (χ4v) is 2.24. The molecule has 106 valence electrons. The molecule has 0 aliphatic carbocycles. The highest BCUT2D eigenvalue weighted by Gasteiger charge is 2.07. The average molecular weight is 262 g/mol. The van der Waals surface area contributed by atoms with Gasteiger partial charge in [-0.2, -0.15) is 0 Å². The van der Waals surface area contributed by atoms with E-state index in [1.807, 2.05) is 18.2 Å². The maximum atomic E-state index is 11.1. The second kappa shape index (κ2) is 8.70. The first kappa shape index (κ1) is 15.7. The summed E-state index contributed by atoms with van der Waals surface area (Å²) in [7, 11) is 0. The van der Waals surface area contributed by atoms with E-state index in [1.54, 1.807) is 6.07 Å². The van der Waals surface area contributed by atoms with Crippen LogP contribution in [0.1, 0.15) is 61.9 Å². The number of amides is 1. The fourth-order valence-electron chi connectivity index (χ4n) is 2.24. The van der Waals surface area contributed by atoms with Gasteiger partial charge in [0.15, 0.2) is 0 Å². The number of benzene rings is 1. The summed E-state index contributed by atoms with van der Waals surface area (Å²) >= 11 is 0. The van der Waals surface area contributed by atoms with Crippen molar-refractivity contribution in [2.75, 3.05) is 0 Å². The normalized spacial score (nSPS) is 12.3. The minimum Gasteiger partial charge on any atom is -0.366 e. The van der Waals surface area contributed by atoms with Crippen LogP contribution < -0.4 is 11.1 Å². The number of carbonyl (C=O) groups is 1. The third-order valence-corrected chi connectivity index (χ3v) is 3.35. The van der Waals surface area contributed by atoms with E-state index in [9.17, 15) is 4.79 Å². The second-order valence-corrected chi connectivity index (χ2v) is 5.07. The van der Waals surface area contributed by atoms with Crippen LogP contribution in [0.2, 0.25) is 0 Å². The zero-order valence-electron chi connectivity index (χ0n) is 12.1. The summed E-state index contributed by atoms with van der Waals surface area (Å²) in [4.78, 5) is 11.1. The lowest BCUT2D eigenvalue weighted by Crippen LogP contribution is -2.28. The van der Waals surface area contributed by atoms with Crippen LogP contribution in [-0.2, 0) is 6.54 Å². The first-order valence-corrected chi connectivity index (χ1v) is 7.29. The van der Waals surface area contributed by atoms with Gasteiger partial charge in [-0.05, 0) is 30.5 Å². The lowest BCUT2D eigenvalue weighted by molar-refractivity contribution is 0.1000. The molecular weight excluding hydrogens is 236 g/mol. The van der Waals surface area contributed by atoms with Gasteiger partial charge < -0.3 is 11.1 Å². The van der Waals surface area contributed by atoms with Gasteiger partial charge in [0.1, 0.15) is 0 Å². The molecule has 0 heterocycles. The minimum absolute atomic E-state index is 0.363. The molecule has 1 atom stereocenters. The van der Waals surface area contributed by atoms with E-state index < -0.39 is 0 Å². The lowest BCUT2D eigenvalue weighted by Gasteiger charge is -2.18. The smallest absolute Gasteiger partial charge is 0.248 e. The largest absolute Gasteiger partial charge is 0.366 e. The quantitative estimate of drug-likeness (QED) is 0.718. The number of carbonyl (C=O) groups excluding carboxylic acids is 1. The molecule has 1 unspecified atom stereocenters.